The maximum atomic E-state index is 11.5. The molecule has 0 unspecified atom stereocenters. The number of amides is 1. The number of hydrogen-bond acceptors (Lipinski definition) is 3. The van der Waals surface area contributed by atoms with E-state index in [1.54, 1.807) is 0 Å². The van der Waals surface area contributed by atoms with Crippen molar-refractivity contribution in [3.05, 3.63) is 52.9 Å². The third-order valence-electron chi connectivity index (χ3n) is 2.31. The first-order chi connectivity index (χ1) is 8.25. The summed E-state index contributed by atoms with van der Waals surface area (Å²) in [5.74, 6) is -0.180. The lowest BCUT2D eigenvalue weighted by Crippen LogP contribution is -2.25. The van der Waals surface area contributed by atoms with E-state index in [1.807, 2.05) is 24.3 Å². The standard InChI is InChI=1S/C12H11ClN2O2/c13-11-3-1-9(2-4-11)5-6-14-12(16)10-7-15-17-8-10/h1-4,7-8H,5-6H2,(H,14,16). The molecule has 1 heterocycles. The average molecular weight is 251 g/mol. The maximum absolute atomic E-state index is 11.5. The minimum Gasteiger partial charge on any atom is -0.364 e. The molecular formula is C12H11ClN2O2. The van der Waals surface area contributed by atoms with Gasteiger partial charge in [-0.2, -0.15) is 0 Å². The fraction of sp³-hybridized carbons (Fsp3) is 0.167. The molecule has 0 atom stereocenters. The van der Waals surface area contributed by atoms with Crippen LogP contribution in [0.3, 0.4) is 0 Å². The Balaban J connectivity index is 1.80. The van der Waals surface area contributed by atoms with Gasteiger partial charge in [0.25, 0.3) is 5.91 Å². The van der Waals surface area contributed by atoms with Crippen LogP contribution in [-0.2, 0) is 6.42 Å². The molecule has 0 aliphatic carbocycles. The third kappa shape index (κ3) is 3.32. The van der Waals surface area contributed by atoms with E-state index in [0.717, 1.165) is 12.0 Å². The minimum atomic E-state index is -0.180. The normalized spacial score (nSPS) is 10.2. The number of aromatic nitrogens is 1. The lowest BCUT2D eigenvalue weighted by Gasteiger charge is -2.03. The number of nitrogens with zero attached hydrogens (tertiary/aromatic N) is 1. The topological polar surface area (TPSA) is 55.1 Å². The van der Waals surface area contributed by atoms with E-state index in [-0.39, 0.29) is 5.91 Å². The number of rotatable bonds is 4. The van der Waals surface area contributed by atoms with E-state index in [0.29, 0.717) is 17.1 Å². The molecule has 0 aliphatic rings. The molecule has 2 aromatic rings. The van der Waals surface area contributed by atoms with Crippen LogP contribution in [0.5, 0.6) is 0 Å². The highest BCUT2D eigenvalue weighted by Crippen LogP contribution is 2.09. The molecular weight excluding hydrogens is 240 g/mol. The van der Waals surface area contributed by atoms with Crippen LogP contribution >= 0.6 is 11.6 Å². The van der Waals surface area contributed by atoms with Crippen molar-refractivity contribution in [3.63, 3.8) is 0 Å². The van der Waals surface area contributed by atoms with Gasteiger partial charge >= 0.3 is 0 Å². The van der Waals surface area contributed by atoms with Gasteiger partial charge in [0.1, 0.15) is 6.26 Å². The Bertz CT molecular complexity index is 480. The zero-order chi connectivity index (χ0) is 12.1. The highest BCUT2D eigenvalue weighted by atomic mass is 35.5. The number of benzene rings is 1. The van der Waals surface area contributed by atoms with Gasteiger partial charge in [-0.15, -0.1) is 0 Å². The summed E-state index contributed by atoms with van der Waals surface area (Å²) >= 11 is 5.78. The summed E-state index contributed by atoms with van der Waals surface area (Å²) in [4.78, 5) is 11.5. The fourth-order valence-corrected chi connectivity index (χ4v) is 1.52. The molecule has 0 saturated carbocycles. The molecule has 0 fully saturated rings. The lowest BCUT2D eigenvalue weighted by atomic mass is 10.1. The quantitative estimate of drug-likeness (QED) is 0.906. The van der Waals surface area contributed by atoms with Crippen LogP contribution in [-0.4, -0.2) is 17.6 Å². The van der Waals surface area contributed by atoms with Crippen LogP contribution in [0.4, 0.5) is 0 Å². The summed E-state index contributed by atoms with van der Waals surface area (Å²) in [7, 11) is 0. The predicted octanol–water partition coefficient (Wildman–Crippen LogP) is 2.30. The van der Waals surface area contributed by atoms with E-state index in [4.69, 9.17) is 11.6 Å². The second-order valence-corrected chi connectivity index (χ2v) is 3.98. The Morgan fingerprint density at radius 3 is 2.76 bits per heavy atom. The van der Waals surface area contributed by atoms with E-state index < -0.39 is 0 Å². The summed E-state index contributed by atoms with van der Waals surface area (Å²) in [6, 6.07) is 7.54. The number of hydrogen-bond donors (Lipinski definition) is 1. The van der Waals surface area contributed by atoms with Crippen molar-refractivity contribution in [2.24, 2.45) is 0 Å². The average Bonchev–Trinajstić information content (AvgIpc) is 2.85. The zero-order valence-corrected chi connectivity index (χ0v) is 9.78. The summed E-state index contributed by atoms with van der Waals surface area (Å²) in [6.07, 6.45) is 3.46. The molecule has 0 aliphatic heterocycles. The number of nitrogens with one attached hydrogen (secondary N) is 1. The van der Waals surface area contributed by atoms with E-state index in [2.05, 4.69) is 15.0 Å². The monoisotopic (exact) mass is 250 g/mol. The molecule has 1 aromatic heterocycles. The van der Waals surface area contributed by atoms with Gasteiger partial charge in [0, 0.05) is 11.6 Å². The van der Waals surface area contributed by atoms with Gasteiger partial charge < -0.3 is 9.84 Å². The van der Waals surface area contributed by atoms with Gasteiger partial charge in [-0.1, -0.05) is 28.9 Å². The van der Waals surface area contributed by atoms with Gasteiger partial charge in [-0.05, 0) is 24.1 Å². The summed E-state index contributed by atoms with van der Waals surface area (Å²) in [5, 5.41) is 6.96. The van der Waals surface area contributed by atoms with Crippen molar-refractivity contribution in [3.8, 4) is 0 Å². The van der Waals surface area contributed by atoms with Crippen LogP contribution < -0.4 is 5.32 Å². The number of halogens is 1. The van der Waals surface area contributed by atoms with Gasteiger partial charge in [0.15, 0.2) is 0 Å². The van der Waals surface area contributed by atoms with E-state index in [1.165, 1.54) is 12.5 Å². The Morgan fingerprint density at radius 2 is 2.12 bits per heavy atom. The SMILES string of the molecule is O=C(NCCc1ccc(Cl)cc1)c1cnoc1. The zero-order valence-electron chi connectivity index (χ0n) is 9.02. The fourth-order valence-electron chi connectivity index (χ4n) is 1.39. The molecule has 2 rings (SSSR count). The molecule has 0 bridgehead atoms. The highest BCUT2D eigenvalue weighted by molar-refractivity contribution is 6.30. The molecule has 17 heavy (non-hydrogen) atoms. The molecule has 0 radical (unpaired) electrons. The second kappa shape index (κ2) is 5.50. The summed E-state index contributed by atoms with van der Waals surface area (Å²) < 4.78 is 4.59. The Morgan fingerprint density at radius 1 is 1.35 bits per heavy atom. The Hall–Kier alpha value is -1.81. The van der Waals surface area contributed by atoms with E-state index >= 15 is 0 Å². The molecule has 1 aromatic carbocycles. The molecule has 4 nitrogen and oxygen atoms in total. The lowest BCUT2D eigenvalue weighted by molar-refractivity contribution is 0.0953. The first-order valence-corrected chi connectivity index (χ1v) is 5.55. The molecule has 0 spiro atoms. The number of carbonyl (C=O) groups is 1. The van der Waals surface area contributed by atoms with Gasteiger partial charge in [-0.25, -0.2) is 0 Å². The molecule has 0 saturated heterocycles. The van der Waals surface area contributed by atoms with Crippen molar-refractivity contribution >= 4 is 17.5 Å². The van der Waals surface area contributed by atoms with Crippen LogP contribution in [0.25, 0.3) is 0 Å². The number of carbonyl (C=O) groups excluding carboxylic acids is 1. The Kier molecular flexibility index (Phi) is 3.77. The molecule has 5 heteroatoms. The van der Waals surface area contributed by atoms with E-state index in [9.17, 15) is 4.79 Å². The highest BCUT2D eigenvalue weighted by Gasteiger charge is 2.06. The Labute approximate surface area is 104 Å². The largest absolute Gasteiger partial charge is 0.364 e. The molecule has 88 valence electrons. The second-order valence-electron chi connectivity index (χ2n) is 3.55. The van der Waals surface area contributed by atoms with Crippen LogP contribution in [0.1, 0.15) is 15.9 Å². The van der Waals surface area contributed by atoms with Crippen molar-refractivity contribution in [2.45, 2.75) is 6.42 Å². The molecule has 1 amide bonds. The van der Waals surface area contributed by atoms with Crippen molar-refractivity contribution in [2.75, 3.05) is 6.54 Å². The summed E-state index contributed by atoms with van der Waals surface area (Å²) in [6.45, 7) is 0.561. The first kappa shape index (κ1) is 11.7. The minimum absolute atomic E-state index is 0.180. The van der Waals surface area contributed by atoms with Crippen molar-refractivity contribution < 1.29 is 9.32 Å². The predicted molar refractivity (Wildman–Crippen MR) is 64.0 cm³/mol. The van der Waals surface area contributed by atoms with Crippen LogP contribution in [0.2, 0.25) is 5.02 Å². The maximum Gasteiger partial charge on any atom is 0.256 e. The molecule has 1 N–H and O–H groups in total. The first-order valence-electron chi connectivity index (χ1n) is 5.18. The smallest absolute Gasteiger partial charge is 0.256 e. The van der Waals surface area contributed by atoms with Crippen LogP contribution in [0, 0.1) is 0 Å². The van der Waals surface area contributed by atoms with Crippen molar-refractivity contribution in [1.29, 1.82) is 0 Å². The van der Waals surface area contributed by atoms with Crippen molar-refractivity contribution in [1.82, 2.24) is 10.5 Å². The van der Waals surface area contributed by atoms with Gasteiger partial charge in [-0.3, -0.25) is 4.79 Å². The van der Waals surface area contributed by atoms with Gasteiger partial charge in [0.05, 0.1) is 11.8 Å². The third-order valence-corrected chi connectivity index (χ3v) is 2.56. The van der Waals surface area contributed by atoms with Gasteiger partial charge in [0.2, 0.25) is 0 Å². The van der Waals surface area contributed by atoms with Crippen LogP contribution in [0.15, 0.2) is 41.2 Å². The summed E-state index contributed by atoms with van der Waals surface area (Å²) in [5.41, 5.74) is 1.56.